The summed E-state index contributed by atoms with van der Waals surface area (Å²) >= 11 is 0. The summed E-state index contributed by atoms with van der Waals surface area (Å²) < 4.78 is 5.52. The molecule has 2 atom stereocenters. The molecule has 0 aliphatic heterocycles. The first-order valence-electron chi connectivity index (χ1n) is 39.0. The Balaban J connectivity index is 3.30. The number of esters is 1. The van der Waals surface area contributed by atoms with Crippen LogP contribution >= 0.6 is 0 Å². The fourth-order valence-electron chi connectivity index (χ4n) is 12.6. The number of nitrogens with one attached hydrogen (secondary N) is 1. The lowest BCUT2D eigenvalue weighted by Gasteiger charge is -2.20. The van der Waals surface area contributed by atoms with Crippen LogP contribution < -0.4 is 5.32 Å². The zero-order valence-electron chi connectivity index (χ0n) is 57.4. The minimum Gasteiger partial charge on any atom is -0.466 e. The summed E-state index contributed by atoms with van der Waals surface area (Å²) in [4.78, 5) is 24.6. The van der Waals surface area contributed by atoms with Crippen molar-refractivity contribution >= 4 is 11.9 Å². The van der Waals surface area contributed by atoms with E-state index < -0.39 is 12.1 Å². The van der Waals surface area contributed by atoms with Gasteiger partial charge in [-0.15, -0.1) is 0 Å². The van der Waals surface area contributed by atoms with Gasteiger partial charge in [0.05, 0.1) is 25.4 Å². The van der Waals surface area contributed by atoms with Gasteiger partial charge in [-0.2, -0.15) is 0 Å². The Bertz CT molecular complexity index is 1270. The highest BCUT2D eigenvalue weighted by molar-refractivity contribution is 5.76. The predicted molar refractivity (Wildman–Crippen MR) is 370 cm³/mol. The molecule has 0 radical (unpaired) electrons. The molecule has 1 amide bonds. The number of aliphatic hydroxyl groups is 2. The molecule has 0 aliphatic rings. The van der Waals surface area contributed by atoms with E-state index in [2.05, 4.69) is 19.2 Å². The van der Waals surface area contributed by atoms with Crippen LogP contribution in [0.5, 0.6) is 0 Å². The number of amides is 1. The average Bonchev–Trinajstić information content (AvgIpc) is 3.51. The van der Waals surface area contributed by atoms with Crippen LogP contribution in [-0.2, 0) is 14.3 Å². The second-order valence-electron chi connectivity index (χ2n) is 27.1. The first kappa shape index (κ1) is 82.6. The van der Waals surface area contributed by atoms with Crippen molar-refractivity contribution < 1.29 is 24.5 Å². The number of allylic oxidation sites excluding steroid dienone is 1. The Labute approximate surface area is 527 Å². The van der Waals surface area contributed by atoms with Crippen molar-refractivity contribution in [2.75, 3.05) is 13.2 Å². The third kappa shape index (κ3) is 69.7. The molecule has 0 saturated heterocycles. The van der Waals surface area contributed by atoms with E-state index in [9.17, 15) is 19.8 Å². The van der Waals surface area contributed by atoms with Gasteiger partial charge in [-0.05, 0) is 32.1 Å². The summed E-state index contributed by atoms with van der Waals surface area (Å²) in [5, 5.41) is 23.2. The number of ether oxygens (including phenoxy) is 1. The van der Waals surface area contributed by atoms with E-state index in [1.54, 1.807) is 6.08 Å². The first-order chi connectivity index (χ1) is 41.5. The number of hydrogen-bond acceptors (Lipinski definition) is 5. The van der Waals surface area contributed by atoms with Gasteiger partial charge < -0.3 is 20.3 Å². The van der Waals surface area contributed by atoms with Gasteiger partial charge in [-0.3, -0.25) is 9.59 Å². The van der Waals surface area contributed by atoms with Crippen LogP contribution in [0, 0.1) is 0 Å². The van der Waals surface area contributed by atoms with Gasteiger partial charge in [-0.1, -0.05) is 418 Å². The molecule has 0 spiro atoms. The quantitative estimate of drug-likeness (QED) is 0.0320. The molecule has 6 nitrogen and oxygen atoms in total. The molecule has 3 N–H and O–H groups in total. The molecule has 0 fully saturated rings. The average molecular weight is 1190 g/mol. The summed E-state index contributed by atoms with van der Waals surface area (Å²) in [7, 11) is 0. The SMILES string of the molecule is CCCCCCCCCCCCCCC/C=C/C(O)C(CO)NC(=O)CCCCCCCCCCCCCCCCCCCCCCCCCCCCCCCCCCCCCOC(=O)CCCCCCCCCCCCCCCCCCC. The lowest BCUT2D eigenvalue weighted by atomic mass is 10.0. The number of rotatable bonds is 74. The molecule has 0 aliphatic carbocycles. The Morgan fingerprint density at radius 2 is 0.548 bits per heavy atom. The standard InChI is InChI=1S/C78H153NO5/c1-3-5-7-9-11-13-15-17-19-39-44-48-52-56-60-64-68-72-78(83)84-73-69-65-61-57-53-49-45-41-38-36-34-32-30-28-26-24-22-20-21-23-25-27-29-31-33-35-37-40-43-47-51-55-59-63-67-71-77(82)79-75(74-80)76(81)70-66-62-58-54-50-46-42-18-16-14-12-10-8-6-4-2/h66,70,75-76,80-81H,3-65,67-69,71-74H2,1-2H3,(H,79,82)/b70-66+. The molecular weight excluding hydrogens is 1030 g/mol. The summed E-state index contributed by atoms with van der Waals surface area (Å²) in [6, 6.07) is -0.623. The number of unbranched alkanes of at least 4 members (excludes halogenated alkanes) is 63. The van der Waals surface area contributed by atoms with Gasteiger partial charge >= 0.3 is 5.97 Å². The van der Waals surface area contributed by atoms with Crippen molar-refractivity contribution in [2.45, 2.75) is 463 Å². The molecule has 0 rings (SSSR count). The molecule has 0 bridgehead atoms. The molecule has 0 saturated carbocycles. The Morgan fingerprint density at radius 1 is 0.321 bits per heavy atom. The minimum atomic E-state index is -0.840. The summed E-state index contributed by atoms with van der Waals surface area (Å²) in [6.07, 6.45) is 93.4. The third-order valence-electron chi connectivity index (χ3n) is 18.6. The Morgan fingerprint density at radius 3 is 0.810 bits per heavy atom. The van der Waals surface area contributed by atoms with Crippen molar-refractivity contribution in [3.05, 3.63) is 12.2 Å². The van der Waals surface area contributed by atoms with Crippen molar-refractivity contribution in [3.8, 4) is 0 Å². The van der Waals surface area contributed by atoms with Gasteiger partial charge in [0.1, 0.15) is 0 Å². The Hall–Kier alpha value is -1.40. The number of aliphatic hydroxyl groups excluding tert-OH is 2. The molecule has 0 aromatic carbocycles. The molecule has 0 heterocycles. The third-order valence-corrected chi connectivity index (χ3v) is 18.6. The predicted octanol–water partition coefficient (Wildman–Crippen LogP) is 25.5. The summed E-state index contributed by atoms with van der Waals surface area (Å²) in [5.74, 6) is -0.0319. The van der Waals surface area contributed by atoms with Gasteiger partial charge in [0.15, 0.2) is 0 Å². The number of hydrogen-bond donors (Lipinski definition) is 3. The molecular formula is C78H153NO5. The smallest absolute Gasteiger partial charge is 0.305 e. The van der Waals surface area contributed by atoms with Gasteiger partial charge in [-0.25, -0.2) is 0 Å². The zero-order chi connectivity index (χ0) is 60.6. The molecule has 0 aromatic heterocycles. The molecule has 6 heteroatoms. The van der Waals surface area contributed by atoms with E-state index in [0.29, 0.717) is 19.4 Å². The second kappa shape index (κ2) is 74.1. The first-order valence-corrected chi connectivity index (χ1v) is 39.0. The van der Waals surface area contributed by atoms with Crippen LogP contribution in [-0.4, -0.2) is 47.4 Å². The van der Waals surface area contributed by atoms with Crippen LogP contribution in [0.1, 0.15) is 450 Å². The zero-order valence-corrected chi connectivity index (χ0v) is 57.4. The summed E-state index contributed by atoms with van der Waals surface area (Å²) in [6.45, 7) is 4.96. The van der Waals surface area contributed by atoms with Gasteiger partial charge in [0, 0.05) is 12.8 Å². The van der Waals surface area contributed by atoms with Crippen LogP contribution in [0.25, 0.3) is 0 Å². The maximum atomic E-state index is 12.5. The van der Waals surface area contributed by atoms with E-state index in [-0.39, 0.29) is 18.5 Å². The fraction of sp³-hybridized carbons (Fsp3) is 0.949. The van der Waals surface area contributed by atoms with Crippen LogP contribution in [0.2, 0.25) is 0 Å². The topological polar surface area (TPSA) is 95.9 Å². The molecule has 84 heavy (non-hydrogen) atoms. The van der Waals surface area contributed by atoms with Crippen molar-refractivity contribution in [1.29, 1.82) is 0 Å². The van der Waals surface area contributed by atoms with Gasteiger partial charge in [0.25, 0.3) is 0 Å². The highest BCUT2D eigenvalue weighted by Crippen LogP contribution is 2.20. The number of carbonyl (C=O) groups is 2. The van der Waals surface area contributed by atoms with Crippen LogP contribution in [0.15, 0.2) is 12.2 Å². The second-order valence-corrected chi connectivity index (χ2v) is 27.1. The van der Waals surface area contributed by atoms with Gasteiger partial charge in [0.2, 0.25) is 5.91 Å². The Kier molecular flexibility index (Phi) is 72.8. The lowest BCUT2D eigenvalue weighted by Crippen LogP contribution is -2.45. The van der Waals surface area contributed by atoms with E-state index in [1.165, 1.54) is 385 Å². The largest absolute Gasteiger partial charge is 0.466 e. The molecule has 2 unspecified atom stereocenters. The van der Waals surface area contributed by atoms with Crippen molar-refractivity contribution in [1.82, 2.24) is 5.32 Å². The van der Waals surface area contributed by atoms with Crippen LogP contribution in [0.4, 0.5) is 0 Å². The maximum Gasteiger partial charge on any atom is 0.305 e. The number of carbonyl (C=O) groups excluding carboxylic acids is 2. The van der Waals surface area contributed by atoms with E-state index in [4.69, 9.17) is 4.74 Å². The van der Waals surface area contributed by atoms with E-state index in [0.717, 1.165) is 38.5 Å². The van der Waals surface area contributed by atoms with Crippen molar-refractivity contribution in [2.24, 2.45) is 0 Å². The lowest BCUT2D eigenvalue weighted by molar-refractivity contribution is -0.143. The normalized spacial score (nSPS) is 12.5. The highest BCUT2D eigenvalue weighted by atomic mass is 16.5. The highest BCUT2D eigenvalue weighted by Gasteiger charge is 2.18. The summed E-state index contributed by atoms with van der Waals surface area (Å²) in [5.41, 5.74) is 0. The van der Waals surface area contributed by atoms with E-state index >= 15 is 0 Å². The van der Waals surface area contributed by atoms with E-state index in [1.807, 2.05) is 6.08 Å². The molecule has 500 valence electrons. The van der Waals surface area contributed by atoms with Crippen LogP contribution in [0.3, 0.4) is 0 Å². The maximum absolute atomic E-state index is 12.5. The minimum absolute atomic E-state index is 0.0275. The molecule has 0 aromatic rings. The fourth-order valence-corrected chi connectivity index (χ4v) is 12.6. The monoisotopic (exact) mass is 1180 g/mol. The van der Waals surface area contributed by atoms with Crippen molar-refractivity contribution in [3.63, 3.8) is 0 Å².